The minimum Gasteiger partial charge on any atom is -0.383 e. The number of amides is 1. The highest BCUT2D eigenvalue weighted by Gasteiger charge is 2.28. The zero-order valence-corrected chi connectivity index (χ0v) is 10.9. The number of carbonyl (C=O) groups excluding carboxylic acids is 1. The van der Waals surface area contributed by atoms with Gasteiger partial charge in [-0.15, -0.1) is 12.4 Å². The van der Waals surface area contributed by atoms with Crippen LogP contribution >= 0.6 is 12.4 Å². The van der Waals surface area contributed by atoms with Gasteiger partial charge in [-0.2, -0.15) is 0 Å². The number of hydrogen-bond donors (Lipinski definition) is 1. The Morgan fingerprint density at radius 3 is 3.00 bits per heavy atom. The molecule has 18 heavy (non-hydrogen) atoms. The molecule has 1 heterocycles. The van der Waals surface area contributed by atoms with Crippen molar-refractivity contribution in [3.63, 3.8) is 0 Å². The fourth-order valence-corrected chi connectivity index (χ4v) is 2.03. The number of nitrogens with two attached hydrogens (primary N) is 1. The maximum absolute atomic E-state index is 13.2. The Balaban J connectivity index is 0.00000162. The summed E-state index contributed by atoms with van der Waals surface area (Å²) in [6.07, 6.45) is 0.737. The highest BCUT2D eigenvalue weighted by Crippen LogP contribution is 2.28. The van der Waals surface area contributed by atoms with E-state index in [4.69, 9.17) is 10.5 Å². The average Bonchev–Trinajstić information content (AvgIpc) is 2.71. The number of halogens is 2. The molecule has 0 radical (unpaired) electrons. The molecule has 0 bridgehead atoms. The van der Waals surface area contributed by atoms with Gasteiger partial charge in [0.15, 0.2) is 0 Å². The molecule has 0 aliphatic carbocycles. The average molecular weight is 275 g/mol. The minimum atomic E-state index is -0.700. The monoisotopic (exact) mass is 274 g/mol. The van der Waals surface area contributed by atoms with E-state index in [1.54, 1.807) is 6.07 Å². The molecule has 6 heteroatoms. The number of methoxy groups -OCH3 is 1. The van der Waals surface area contributed by atoms with Crippen LogP contribution in [0.25, 0.3) is 0 Å². The van der Waals surface area contributed by atoms with Crippen LogP contribution in [0, 0.1) is 5.82 Å². The van der Waals surface area contributed by atoms with E-state index in [1.807, 2.05) is 0 Å². The molecule has 1 aliphatic rings. The van der Waals surface area contributed by atoms with Crippen molar-refractivity contribution in [2.24, 2.45) is 5.73 Å². The lowest BCUT2D eigenvalue weighted by Crippen LogP contribution is -2.45. The maximum atomic E-state index is 13.2. The quantitative estimate of drug-likeness (QED) is 0.898. The molecule has 1 amide bonds. The number of carbonyl (C=O) groups is 1. The molecule has 4 nitrogen and oxygen atoms in total. The molecule has 1 unspecified atom stereocenters. The van der Waals surface area contributed by atoms with Crippen LogP contribution in [0.1, 0.15) is 5.56 Å². The summed E-state index contributed by atoms with van der Waals surface area (Å²) in [5.41, 5.74) is 7.30. The molecular formula is C12H16ClFN2O2. The first-order valence-electron chi connectivity index (χ1n) is 5.48. The largest absolute Gasteiger partial charge is 0.383 e. The lowest BCUT2D eigenvalue weighted by molar-refractivity contribution is -0.120. The van der Waals surface area contributed by atoms with Crippen molar-refractivity contribution >= 4 is 24.0 Å². The van der Waals surface area contributed by atoms with Crippen LogP contribution in [0.5, 0.6) is 0 Å². The maximum Gasteiger partial charge on any atom is 0.246 e. The Labute approximate surface area is 111 Å². The predicted octanol–water partition coefficient (Wildman–Crippen LogP) is 1.11. The number of rotatable bonds is 3. The van der Waals surface area contributed by atoms with Gasteiger partial charge in [0, 0.05) is 19.3 Å². The van der Waals surface area contributed by atoms with Gasteiger partial charge < -0.3 is 15.4 Å². The third kappa shape index (κ3) is 2.80. The molecule has 1 aromatic rings. The number of benzene rings is 1. The van der Waals surface area contributed by atoms with E-state index in [1.165, 1.54) is 24.1 Å². The van der Waals surface area contributed by atoms with Crippen LogP contribution in [-0.2, 0) is 16.0 Å². The van der Waals surface area contributed by atoms with Gasteiger partial charge in [-0.3, -0.25) is 4.79 Å². The van der Waals surface area contributed by atoms with Crippen LogP contribution in [0.3, 0.4) is 0 Å². The predicted molar refractivity (Wildman–Crippen MR) is 69.6 cm³/mol. The molecule has 0 aromatic heterocycles. The number of anilines is 1. The van der Waals surface area contributed by atoms with Crippen LogP contribution in [0.4, 0.5) is 10.1 Å². The van der Waals surface area contributed by atoms with Crippen molar-refractivity contribution in [2.75, 3.05) is 25.2 Å². The number of ether oxygens (including phenoxy) is 1. The first kappa shape index (κ1) is 14.9. The van der Waals surface area contributed by atoms with Crippen LogP contribution in [-0.4, -0.2) is 32.2 Å². The van der Waals surface area contributed by atoms with Gasteiger partial charge in [-0.25, -0.2) is 4.39 Å². The van der Waals surface area contributed by atoms with Gasteiger partial charge in [0.1, 0.15) is 11.9 Å². The van der Waals surface area contributed by atoms with Crippen molar-refractivity contribution in [1.29, 1.82) is 0 Å². The minimum absolute atomic E-state index is 0. The standard InChI is InChI=1S/C12H15FN2O2.ClH/c1-17-7-10(14)12(16)15-5-4-8-2-3-9(13)6-11(8)15;/h2-3,6,10H,4-5,7,14H2,1H3;1H. The second-order valence-electron chi connectivity index (χ2n) is 4.07. The summed E-state index contributed by atoms with van der Waals surface area (Å²) in [7, 11) is 1.49. The lowest BCUT2D eigenvalue weighted by atomic mass is 10.1. The van der Waals surface area contributed by atoms with E-state index in [9.17, 15) is 9.18 Å². The fraction of sp³-hybridized carbons (Fsp3) is 0.417. The number of hydrogen-bond acceptors (Lipinski definition) is 3. The molecule has 100 valence electrons. The summed E-state index contributed by atoms with van der Waals surface area (Å²) >= 11 is 0. The summed E-state index contributed by atoms with van der Waals surface area (Å²) in [6.45, 7) is 0.717. The second kappa shape index (κ2) is 6.13. The Morgan fingerprint density at radius 1 is 1.61 bits per heavy atom. The van der Waals surface area contributed by atoms with Gasteiger partial charge in [0.05, 0.1) is 6.61 Å². The molecule has 2 rings (SSSR count). The molecule has 1 aromatic carbocycles. The van der Waals surface area contributed by atoms with Gasteiger partial charge >= 0.3 is 0 Å². The van der Waals surface area contributed by atoms with Crippen molar-refractivity contribution in [1.82, 2.24) is 0 Å². The Morgan fingerprint density at radius 2 is 2.33 bits per heavy atom. The molecular weight excluding hydrogens is 259 g/mol. The summed E-state index contributed by atoms with van der Waals surface area (Å²) in [6, 6.07) is 3.79. The first-order valence-corrected chi connectivity index (χ1v) is 5.48. The smallest absolute Gasteiger partial charge is 0.246 e. The van der Waals surface area contributed by atoms with Crippen molar-refractivity contribution in [3.8, 4) is 0 Å². The SMILES string of the molecule is COCC(N)C(=O)N1CCc2ccc(F)cc21.Cl. The molecule has 1 aliphatic heterocycles. The van der Waals surface area contributed by atoms with Gasteiger partial charge in [-0.1, -0.05) is 6.07 Å². The summed E-state index contributed by atoms with van der Waals surface area (Å²) in [4.78, 5) is 13.5. The normalized spacial score (nSPS) is 14.9. The fourth-order valence-electron chi connectivity index (χ4n) is 2.03. The summed E-state index contributed by atoms with van der Waals surface area (Å²) < 4.78 is 18.0. The summed E-state index contributed by atoms with van der Waals surface area (Å²) in [5.74, 6) is -0.569. The zero-order chi connectivity index (χ0) is 12.4. The third-order valence-corrected chi connectivity index (χ3v) is 2.87. The molecule has 1 atom stereocenters. The Hall–Kier alpha value is -1.17. The van der Waals surface area contributed by atoms with Crippen LogP contribution < -0.4 is 10.6 Å². The first-order chi connectivity index (χ1) is 8.13. The van der Waals surface area contributed by atoms with Crippen molar-refractivity contribution < 1.29 is 13.9 Å². The highest BCUT2D eigenvalue weighted by atomic mass is 35.5. The van der Waals surface area contributed by atoms with Gasteiger partial charge in [0.2, 0.25) is 5.91 Å². The van der Waals surface area contributed by atoms with E-state index in [0.29, 0.717) is 12.2 Å². The highest BCUT2D eigenvalue weighted by molar-refractivity contribution is 5.98. The number of nitrogens with zero attached hydrogens (tertiary/aromatic N) is 1. The molecule has 0 saturated carbocycles. The third-order valence-electron chi connectivity index (χ3n) is 2.87. The molecule has 2 N–H and O–H groups in total. The molecule has 0 fully saturated rings. The van der Waals surface area contributed by atoms with E-state index in [0.717, 1.165) is 12.0 Å². The van der Waals surface area contributed by atoms with Crippen molar-refractivity contribution in [2.45, 2.75) is 12.5 Å². The topological polar surface area (TPSA) is 55.6 Å². The Kier molecular flexibility index (Phi) is 5.07. The van der Waals surface area contributed by atoms with E-state index in [-0.39, 0.29) is 30.7 Å². The number of fused-ring (bicyclic) bond motifs is 1. The van der Waals surface area contributed by atoms with Crippen LogP contribution in [0.15, 0.2) is 18.2 Å². The molecule has 0 spiro atoms. The van der Waals surface area contributed by atoms with Gasteiger partial charge in [0.25, 0.3) is 0 Å². The van der Waals surface area contributed by atoms with Crippen LogP contribution in [0.2, 0.25) is 0 Å². The molecule has 0 saturated heterocycles. The Bertz CT molecular complexity index is 442. The van der Waals surface area contributed by atoms with E-state index >= 15 is 0 Å². The van der Waals surface area contributed by atoms with Crippen molar-refractivity contribution in [3.05, 3.63) is 29.6 Å². The summed E-state index contributed by atoms with van der Waals surface area (Å²) in [5, 5.41) is 0. The van der Waals surface area contributed by atoms with Gasteiger partial charge in [-0.05, 0) is 24.1 Å². The second-order valence-corrected chi connectivity index (χ2v) is 4.07. The lowest BCUT2D eigenvalue weighted by Gasteiger charge is -2.21. The van der Waals surface area contributed by atoms with E-state index < -0.39 is 6.04 Å². The zero-order valence-electron chi connectivity index (χ0n) is 10.1. The van der Waals surface area contributed by atoms with E-state index in [2.05, 4.69) is 0 Å².